The zero-order valence-electron chi connectivity index (χ0n) is 12.4. The van der Waals surface area contributed by atoms with E-state index in [1.54, 1.807) is 6.07 Å². The highest BCUT2D eigenvalue weighted by molar-refractivity contribution is 5.83. The van der Waals surface area contributed by atoms with E-state index in [9.17, 15) is 0 Å². The summed E-state index contributed by atoms with van der Waals surface area (Å²) in [7, 11) is 0. The Kier molecular flexibility index (Phi) is 3.80. The van der Waals surface area contributed by atoms with Gasteiger partial charge in [-0.15, -0.1) is 0 Å². The summed E-state index contributed by atoms with van der Waals surface area (Å²) in [5.41, 5.74) is 8.32. The van der Waals surface area contributed by atoms with E-state index in [-0.39, 0.29) is 0 Å². The molecule has 1 aromatic carbocycles. The van der Waals surface area contributed by atoms with Crippen LogP contribution in [0.25, 0.3) is 11.0 Å². The molecule has 0 bridgehead atoms. The molecule has 1 aliphatic heterocycles. The molecule has 2 heterocycles. The van der Waals surface area contributed by atoms with Crippen LogP contribution in [0, 0.1) is 17.2 Å². The van der Waals surface area contributed by atoms with Crippen molar-refractivity contribution >= 4 is 17.0 Å². The van der Waals surface area contributed by atoms with Crippen molar-refractivity contribution in [3.8, 4) is 6.07 Å². The van der Waals surface area contributed by atoms with Gasteiger partial charge in [-0.1, -0.05) is 13.0 Å². The Labute approximate surface area is 125 Å². The molecule has 3 rings (SSSR count). The molecule has 2 N–H and O–H groups in total. The normalized spacial score (nSPS) is 17.1. The minimum Gasteiger partial charge on any atom is -0.369 e. The molecule has 1 saturated heterocycles. The van der Waals surface area contributed by atoms with Crippen LogP contribution in [0.1, 0.15) is 25.3 Å². The van der Waals surface area contributed by atoms with Gasteiger partial charge in [-0.25, -0.2) is 4.98 Å². The quantitative estimate of drug-likeness (QED) is 0.934. The van der Waals surface area contributed by atoms with Gasteiger partial charge in [0, 0.05) is 13.1 Å². The summed E-state index contributed by atoms with van der Waals surface area (Å²) in [6.45, 7) is 6.61. The molecule has 1 aliphatic rings. The van der Waals surface area contributed by atoms with Gasteiger partial charge in [-0.3, -0.25) is 0 Å². The monoisotopic (exact) mass is 283 g/mol. The molecule has 0 aliphatic carbocycles. The second kappa shape index (κ2) is 5.74. The number of anilines is 1. The van der Waals surface area contributed by atoms with E-state index < -0.39 is 0 Å². The molecule has 1 aromatic heterocycles. The standard InChI is InChI=1S/C16H21N5/c1-12(10-20-7-2-3-8-20)11-21-14-6-4-5-13(9-17)15(14)19-16(21)18/h4-6,12H,2-3,7-8,10-11H2,1H3,(H2,18,19). The third kappa shape index (κ3) is 2.72. The van der Waals surface area contributed by atoms with Crippen LogP contribution in [-0.2, 0) is 6.54 Å². The first kappa shape index (κ1) is 13.9. The van der Waals surface area contributed by atoms with Gasteiger partial charge >= 0.3 is 0 Å². The van der Waals surface area contributed by atoms with Crippen LogP contribution < -0.4 is 5.73 Å². The topological polar surface area (TPSA) is 70.9 Å². The predicted octanol–water partition coefficient (Wildman–Crippen LogP) is 2.22. The average molecular weight is 283 g/mol. The van der Waals surface area contributed by atoms with E-state index in [0.717, 1.165) is 18.6 Å². The summed E-state index contributed by atoms with van der Waals surface area (Å²) in [6, 6.07) is 7.85. The highest BCUT2D eigenvalue weighted by Crippen LogP contribution is 2.23. The number of hydrogen-bond acceptors (Lipinski definition) is 4. The number of imidazole rings is 1. The molecule has 110 valence electrons. The summed E-state index contributed by atoms with van der Waals surface area (Å²) >= 11 is 0. The minimum atomic E-state index is 0.501. The first-order chi connectivity index (χ1) is 10.2. The molecule has 0 spiro atoms. The highest BCUT2D eigenvalue weighted by Gasteiger charge is 2.17. The Balaban J connectivity index is 1.83. The lowest BCUT2D eigenvalue weighted by Crippen LogP contribution is -2.27. The van der Waals surface area contributed by atoms with Crippen molar-refractivity contribution < 1.29 is 0 Å². The molecular weight excluding hydrogens is 262 g/mol. The summed E-state index contributed by atoms with van der Waals surface area (Å²) in [5.74, 6) is 1.01. The maximum atomic E-state index is 9.16. The number of para-hydroxylation sites is 1. The van der Waals surface area contributed by atoms with Gasteiger partial charge in [0.05, 0.1) is 11.1 Å². The van der Waals surface area contributed by atoms with Crippen LogP contribution in [0.3, 0.4) is 0 Å². The average Bonchev–Trinajstić information content (AvgIpc) is 3.07. The smallest absolute Gasteiger partial charge is 0.201 e. The fourth-order valence-electron chi connectivity index (χ4n) is 3.22. The Morgan fingerprint density at radius 2 is 2.10 bits per heavy atom. The number of fused-ring (bicyclic) bond motifs is 1. The van der Waals surface area contributed by atoms with Crippen molar-refractivity contribution in [1.82, 2.24) is 14.5 Å². The third-order valence-corrected chi connectivity index (χ3v) is 4.19. The van der Waals surface area contributed by atoms with Crippen molar-refractivity contribution in [3.63, 3.8) is 0 Å². The van der Waals surface area contributed by atoms with Gasteiger partial charge in [0.2, 0.25) is 5.95 Å². The van der Waals surface area contributed by atoms with E-state index in [2.05, 4.69) is 22.9 Å². The number of likely N-dealkylation sites (tertiary alicyclic amines) is 1. The van der Waals surface area contributed by atoms with Gasteiger partial charge in [0.25, 0.3) is 0 Å². The van der Waals surface area contributed by atoms with Crippen LogP contribution in [0.15, 0.2) is 18.2 Å². The Morgan fingerprint density at radius 3 is 2.81 bits per heavy atom. The highest BCUT2D eigenvalue weighted by atomic mass is 15.2. The number of aromatic nitrogens is 2. The van der Waals surface area contributed by atoms with E-state index >= 15 is 0 Å². The van der Waals surface area contributed by atoms with Crippen molar-refractivity contribution in [3.05, 3.63) is 23.8 Å². The molecule has 5 heteroatoms. The summed E-state index contributed by atoms with van der Waals surface area (Å²) in [4.78, 5) is 6.89. The largest absolute Gasteiger partial charge is 0.369 e. The SMILES string of the molecule is CC(CN1CCCC1)Cn1c(N)nc2c(C#N)cccc21. The molecular formula is C16H21N5. The lowest BCUT2D eigenvalue weighted by atomic mass is 10.1. The first-order valence-electron chi connectivity index (χ1n) is 7.56. The van der Waals surface area contributed by atoms with Crippen molar-refractivity contribution in [1.29, 1.82) is 5.26 Å². The fraction of sp³-hybridized carbons (Fsp3) is 0.500. The van der Waals surface area contributed by atoms with Crippen molar-refractivity contribution in [2.24, 2.45) is 5.92 Å². The zero-order chi connectivity index (χ0) is 14.8. The Bertz CT molecular complexity index is 676. The molecule has 0 saturated carbocycles. The molecule has 0 radical (unpaired) electrons. The third-order valence-electron chi connectivity index (χ3n) is 4.19. The summed E-state index contributed by atoms with van der Waals surface area (Å²) < 4.78 is 2.04. The van der Waals surface area contributed by atoms with Crippen LogP contribution in [0.2, 0.25) is 0 Å². The van der Waals surface area contributed by atoms with Crippen molar-refractivity contribution in [2.45, 2.75) is 26.3 Å². The van der Waals surface area contributed by atoms with Crippen LogP contribution in [0.4, 0.5) is 5.95 Å². The predicted molar refractivity (Wildman–Crippen MR) is 83.7 cm³/mol. The lowest BCUT2D eigenvalue weighted by Gasteiger charge is -2.21. The molecule has 1 unspecified atom stereocenters. The number of nitrogens with two attached hydrogens (primary N) is 1. The number of hydrogen-bond donors (Lipinski definition) is 1. The number of benzene rings is 1. The van der Waals surface area contributed by atoms with Crippen LogP contribution >= 0.6 is 0 Å². The van der Waals surface area contributed by atoms with Crippen LogP contribution in [-0.4, -0.2) is 34.1 Å². The first-order valence-corrected chi connectivity index (χ1v) is 7.56. The maximum Gasteiger partial charge on any atom is 0.201 e. The molecule has 5 nitrogen and oxygen atoms in total. The van der Waals surface area contributed by atoms with Gasteiger partial charge in [0.15, 0.2) is 0 Å². The molecule has 1 fully saturated rings. The molecule has 0 amide bonds. The van der Waals surface area contributed by atoms with Gasteiger partial charge in [0.1, 0.15) is 11.6 Å². The Morgan fingerprint density at radius 1 is 1.33 bits per heavy atom. The van der Waals surface area contributed by atoms with E-state index in [1.165, 1.54) is 25.9 Å². The molecule has 2 aromatic rings. The van der Waals surface area contributed by atoms with Gasteiger partial charge < -0.3 is 15.2 Å². The summed E-state index contributed by atoms with van der Waals surface area (Å²) in [5, 5.41) is 9.16. The van der Waals surface area contributed by atoms with E-state index in [4.69, 9.17) is 11.0 Å². The lowest BCUT2D eigenvalue weighted by molar-refractivity contribution is 0.273. The molecule has 21 heavy (non-hydrogen) atoms. The Hall–Kier alpha value is -2.06. The fourth-order valence-corrected chi connectivity index (χ4v) is 3.22. The maximum absolute atomic E-state index is 9.16. The second-order valence-electron chi connectivity index (χ2n) is 5.98. The van der Waals surface area contributed by atoms with E-state index in [0.29, 0.717) is 22.9 Å². The number of nitrogen functional groups attached to an aromatic ring is 1. The van der Waals surface area contributed by atoms with Gasteiger partial charge in [-0.05, 0) is 44.0 Å². The zero-order valence-corrected chi connectivity index (χ0v) is 12.4. The number of nitrogens with zero attached hydrogens (tertiary/aromatic N) is 4. The van der Waals surface area contributed by atoms with Crippen LogP contribution in [0.5, 0.6) is 0 Å². The molecule has 1 atom stereocenters. The van der Waals surface area contributed by atoms with E-state index in [1.807, 2.05) is 16.7 Å². The number of nitriles is 1. The number of rotatable bonds is 4. The van der Waals surface area contributed by atoms with Gasteiger partial charge in [-0.2, -0.15) is 5.26 Å². The minimum absolute atomic E-state index is 0.501. The van der Waals surface area contributed by atoms with Crippen molar-refractivity contribution in [2.75, 3.05) is 25.4 Å². The second-order valence-corrected chi connectivity index (χ2v) is 5.98. The summed E-state index contributed by atoms with van der Waals surface area (Å²) in [6.07, 6.45) is 2.63.